The van der Waals surface area contributed by atoms with Crippen molar-refractivity contribution in [3.63, 3.8) is 0 Å². The molecule has 0 unspecified atom stereocenters. The van der Waals surface area contributed by atoms with Gasteiger partial charge >= 0.3 is 0 Å². The fraction of sp³-hybridized carbons (Fsp3) is 1.00. The minimum Gasteiger partial charge on any atom is -0.330 e. The summed E-state index contributed by atoms with van der Waals surface area (Å²) in [4.78, 5) is 2.54. The Bertz CT molecular complexity index is 68.1. The molecule has 0 fully saturated rings. The number of hydrogen-bond acceptors (Lipinski definition) is 2. The van der Waals surface area contributed by atoms with Crippen LogP contribution in [0.25, 0.3) is 0 Å². The molecular formula is C12H30N2. The van der Waals surface area contributed by atoms with Crippen molar-refractivity contribution >= 4 is 0 Å². The van der Waals surface area contributed by atoms with E-state index in [0.717, 1.165) is 13.0 Å². The molecule has 0 heterocycles. The normalized spacial score (nSPS) is 9.86. The maximum absolute atomic E-state index is 5.03. The third-order valence-electron chi connectivity index (χ3n) is 1.91. The van der Waals surface area contributed by atoms with E-state index in [9.17, 15) is 0 Å². The van der Waals surface area contributed by atoms with E-state index in [-0.39, 0.29) is 0 Å². The molecule has 0 aliphatic carbocycles. The molecule has 0 aromatic rings. The van der Waals surface area contributed by atoms with Crippen LogP contribution in [0.15, 0.2) is 0 Å². The predicted molar refractivity (Wildman–Crippen MR) is 66.7 cm³/mol. The zero-order chi connectivity index (χ0) is 11.2. The first-order valence-electron chi connectivity index (χ1n) is 6.19. The average Bonchev–Trinajstić information content (AvgIpc) is 2.20. The predicted octanol–water partition coefficient (Wildman–Crippen LogP) is 2.87. The van der Waals surface area contributed by atoms with Crippen molar-refractivity contribution < 1.29 is 0 Å². The Labute approximate surface area is 90.9 Å². The van der Waals surface area contributed by atoms with Gasteiger partial charge in [0.2, 0.25) is 0 Å². The summed E-state index contributed by atoms with van der Waals surface area (Å²) < 4.78 is 0. The van der Waals surface area contributed by atoms with E-state index in [1.54, 1.807) is 0 Å². The molecule has 0 saturated heterocycles. The molecule has 14 heavy (non-hydrogen) atoms. The molecule has 0 aliphatic heterocycles. The van der Waals surface area contributed by atoms with Gasteiger partial charge in [-0.1, -0.05) is 27.7 Å². The Morgan fingerprint density at radius 3 is 1.14 bits per heavy atom. The standard InChI is InChI=1S/C9H21N.C3H9N/c1-4-7-10(8-5-2)9-6-3;1-2-3-4/h4-9H2,1-3H3;2-4H2,1H3. The molecular weight excluding hydrogens is 172 g/mol. The molecule has 2 N–H and O–H groups in total. The van der Waals surface area contributed by atoms with Crippen molar-refractivity contribution in [2.45, 2.75) is 53.4 Å². The zero-order valence-corrected chi connectivity index (χ0v) is 10.7. The van der Waals surface area contributed by atoms with Gasteiger partial charge in [0.15, 0.2) is 0 Å². The van der Waals surface area contributed by atoms with Crippen LogP contribution in [0.2, 0.25) is 0 Å². The zero-order valence-electron chi connectivity index (χ0n) is 10.7. The Morgan fingerprint density at radius 2 is 1.00 bits per heavy atom. The smallest absolute Gasteiger partial charge is 0.00214 e. The van der Waals surface area contributed by atoms with Crippen molar-refractivity contribution in [3.8, 4) is 0 Å². The second kappa shape index (κ2) is 15.4. The summed E-state index contributed by atoms with van der Waals surface area (Å²) in [5.74, 6) is 0. The van der Waals surface area contributed by atoms with E-state index in [1.165, 1.54) is 38.9 Å². The maximum Gasteiger partial charge on any atom is -0.00214 e. The number of hydrogen-bond donors (Lipinski definition) is 1. The van der Waals surface area contributed by atoms with Gasteiger partial charge in [-0.05, 0) is 51.9 Å². The van der Waals surface area contributed by atoms with Gasteiger partial charge in [0.05, 0.1) is 0 Å². The van der Waals surface area contributed by atoms with Crippen LogP contribution in [0, 0.1) is 0 Å². The molecule has 0 rings (SSSR count). The van der Waals surface area contributed by atoms with Crippen LogP contribution >= 0.6 is 0 Å². The fourth-order valence-electron chi connectivity index (χ4n) is 1.28. The van der Waals surface area contributed by atoms with Gasteiger partial charge < -0.3 is 10.6 Å². The summed E-state index contributed by atoms with van der Waals surface area (Å²) in [6.45, 7) is 13.5. The quantitative estimate of drug-likeness (QED) is 0.688. The molecule has 0 spiro atoms. The van der Waals surface area contributed by atoms with Crippen molar-refractivity contribution in [1.29, 1.82) is 0 Å². The van der Waals surface area contributed by atoms with Gasteiger partial charge in [-0.25, -0.2) is 0 Å². The molecule has 0 amide bonds. The van der Waals surface area contributed by atoms with E-state index in [0.29, 0.717) is 0 Å². The highest BCUT2D eigenvalue weighted by atomic mass is 15.1. The van der Waals surface area contributed by atoms with Crippen LogP contribution in [0.4, 0.5) is 0 Å². The molecule has 0 aromatic heterocycles. The molecule has 0 bridgehead atoms. The van der Waals surface area contributed by atoms with Crippen LogP contribution in [-0.2, 0) is 0 Å². The van der Waals surface area contributed by atoms with Gasteiger partial charge in [-0.15, -0.1) is 0 Å². The number of nitrogens with two attached hydrogens (primary N) is 1. The Balaban J connectivity index is 0. The van der Waals surface area contributed by atoms with E-state index in [2.05, 4.69) is 32.6 Å². The van der Waals surface area contributed by atoms with E-state index in [1.807, 2.05) is 0 Å². The largest absolute Gasteiger partial charge is 0.330 e. The highest BCUT2D eigenvalue weighted by Gasteiger charge is 1.98. The second-order valence-corrected chi connectivity index (χ2v) is 3.63. The summed E-state index contributed by atoms with van der Waals surface area (Å²) in [5, 5.41) is 0. The third kappa shape index (κ3) is 14.4. The first-order chi connectivity index (χ1) is 6.76. The first kappa shape index (κ1) is 16.4. The van der Waals surface area contributed by atoms with Gasteiger partial charge in [0, 0.05) is 0 Å². The topological polar surface area (TPSA) is 29.3 Å². The Morgan fingerprint density at radius 1 is 0.714 bits per heavy atom. The number of nitrogens with zero attached hydrogens (tertiary/aromatic N) is 1. The Hall–Kier alpha value is -0.0800. The maximum atomic E-state index is 5.03. The SMILES string of the molecule is CCCN.CCCN(CCC)CCC. The summed E-state index contributed by atoms with van der Waals surface area (Å²) in [5.41, 5.74) is 5.03. The van der Waals surface area contributed by atoms with Gasteiger partial charge in [0.25, 0.3) is 0 Å². The molecule has 0 aliphatic rings. The van der Waals surface area contributed by atoms with Crippen molar-refractivity contribution in [2.24, 2.45) is 5.73 Å². The van der Waals surface area contributed by atoms with Crippen molar-refractivity contribution in [1.82, 2.24) is 4.90 Å². The summed E-state index contributed by atoms with van der Waals surface area (Å²) in [6.07, 6.45) is 4.97. The lowest BCUT2D eigenvalue weighted by Gasteiger charge is -2.19. The fourth-order valence-corrected chi connectivity index (χ4v) is 1.28. The minimum absolute atomic E-state index is 0.819. The van der Waals surface area contributed by atoms with E-state index < -0.39 is 0 Å². The third-order valence-corrected chi connectivity index (χ3v) is 1.91. The second-order valence-electron chi connectivity index (χ2n) is 3.63. The van der Waals surface area contributed by atoms with Crippen LogP contribution in [0.3, 0.4) is 0 Å². The molecule has 0 radical (unpaired) electrons. The summed E-state index contributed by atoms with van der Waals surface area (Å²) >= 11 is 0. The molecule has 0 aromatic carbocycles. The molecule has 2 heteroatoms. The van der Waals surface area contributed by atoms with Crippen molar-refractivity contribution in [3.05, 3.63) is 0 Å². The monoisotopic (exact) mass is 202 g/mol. The lowest BCUT2D eigenvalue weighted by molar-refractivity contribution is 0.275. The number of rotatable bonds is 7. The van der Waals surface area contributed by atoms with Crippen molar-refractivity contribution in [2.75, 3.05) is 26.2 Å². The van der Waals surface area contributed by atoms with E-state index in [4.69, 9.17) is 5.73 Å². The Kier molecular flexibility index (Phi) is 18.0. The minimum atomic E-state index is 0.819. The highest BCUT2D eigenvalue weighted by molar-refractivity contribution is 4.53. The van der Waals surface area contributed by atoms with Crippen LogP contribution in [-0.4, -0.2) is 31.1 Å². The lowest BCUT2D eigenvalue weighted by Crippen LogP contribution is -2.25. The summed E-state index contributed by atoms with van der Waals surface area (Å²) in [7, 11) is 0. The first-order valence-corrected chi connectivity index (χ1v) is 6.19. The average molecular weight is 202 g/mol. The van der Waals surface area contributed by atoms with E-state index >= 15 is 0 Å². The molecule has 88 valence electrons. The highest BCUT2D eigenvalue weighted by Crippen LogP contribution is 1.94. The molecule has 0 atom stereocenters. The summed E-state index contributed by atoms with van der Waals surface area (Å²) in [6, 6.07) is 0. The van der Waals surface area contributed by atoms with Crippen LogP contribution in [0.1, 0.15) is 53.4 Å². The van der Waals surface area contributed by atoms with Crippen LogP contribution < -0.4 is 5.73 Å². The van der Waals surface area contributed by atoms with Gasteiger partial charge in [0.1, 0.15) is 0 Å². The molecule has 0 saturated carbocycles. The van der Waals surface area contributed by atoms with Gasteiger partial charge in [-0.3, -0.25) is 0 Å². The lowest BCUT2D eigenvalue weighted by atomic mass is 10.3. The van der Waals surface area contributed by atoms with Gasteiger partial charge in [-0.2, -0.15) is 0 Å². The molecule has 2 nitrogen and oxygen atoms in total. The van der Waals surface area contributed by atoms with Crippen LogP contribution in [0.5, 0.6) is 0 Å².